The molecular formula is C15H24ClN3O4S. The number of rotatable bonds is 4. The summed E-state index contributed by atoms with van der Waals surface area (Å²) in [5.41, 5.74) is 0. The maximum Gasteiger partial charge on any atom is 0.287 e. The highest BCUT2D eigenvalue weighted by molar-refractivity contribution is 7.89. The smallest absolute Gasteiger partial charge is 0.287 e. The van der Waals surface area contributed by atoms with Crippen molar-refractivity contribution >= 4 is 28.3 Å². The van der Waals surface area contributed by atoms with Crippen molar-refractivity contribution in [2.24, 2.45) is 0 Å². The molecule has 1 aromatic heterocycles. The predicted molar refractivity (Wildman–Crippen MR) is 92.0 cm³/mol. The molecule has 0 aromatic carbocycles. The van der Waals surface area contributed by atoms with Crippen LogP contribution in [0.3, 0.4) is 0 Å². The molecule has 24 heavy (non-hydrogen) atoms. The number of hydrogen-bond donors (Lipinski definition) is 2. The van der Waals surface area contributed by atoms with Crippen molar-refractivity contribution in [3.63, 3.8) is 0 Å². The van der Waals surface area contributed by atoms with Gasteiger partial charge in [0.1, 0.15) is 10.7 Å². The van der Waals surface area contributed by atoms with Crippen molar-refractivity contribution in [1.82, 2.24) is 14.9 Å². The molecule has 0 saturated carbocycles. The molecule has 3 heterocycles. The Hall–Kier alpha value is -1.09. The van der Waals surface area contributed by atoms with E-state index in [0.717, 1.165) is 38.8 Å². The zero-order chi connectivity index (χ0) is 16.4. The molecule has 2 fully saturated rings. The lowest BCUT2D eigenvalue weighted by molar-refractivity contribution is 0.0900. The van der Waals surface area contributed by atoms with Crippen molar-refractivity contribution in [2.75, 3.05) is 26.2 Å². The lowest BCUT2D eigenvalue weighted by atomic mass is 10.1. The average Bonchev–Trinajstić information content (AvgIpc) is 3.18. The van der Waals surface area contributed by atoms with Crippen LogP contribution in [0.5, 0.6) is 0 Å². The summed E-state index contributed by atoms with van der Waals surface area (Å²) in [5.74, 6) is -0.00552. The number of hydrogen-bond acceptors (Lipinski definition) is 5. The highest BCUT2D eigenvalue weighted by atomic mass is 35.5. The summed E-state index contributed by atoms with van der Waals surface area (Å²) in [6.07, 6.45) is 3.48. The molecule has 1 amide bonds. The normalized spacial score (nSPS) is 19.9. The molecule has 3 rings (SSSR count). The molecule has 2 saturated heterocycles. The van der Waals surface area contributed by atoms with E-state index in [2.05, 4.69) is 10.6 Å². The molecule has 2 N–H and O–H groups in total. The number of piperidine rings is 1. The molecule has 2 aliphatic rings. The van der Waals surface area contributed by atoms with Gasteiger partial charge < -0.3 is 15.1 Å². The molecule has 9 heteroatoms. The molecule has 7 nitrogen and oxygen atoms in total. The molecule has 0 radical (unpaired) electrons. The fraction of sp³-hybridized carbons (Fsp3) is 0.667. The monoisotopic (exact) mass is 377 g/mol. The van der Waals surface area contributed by atoms with Crippen LogP contribution in [-0.4, -0.2) is 50.9 Å². The third kappa shape index (κ3) is 3.93. The summed E-state index contributed by atoms with van der Waals surface area (Å²) in [4.78, 5) is 12.4. The fourth-order valence-electron chi connectivity index (χ4n) is 3.12. The first-order chi connectivity index (χ1) is 11.0. The molecule has 0 atom stereocenters. The molecule has 0 unspecified atom stereocenters. The van der Waals surface area contributed by atoms with Crippen molar-refractivity contribution in [1.29, 1.82) is 0 Å². The second-order valence-corrected chi connectivity index (χ2v) is 8.05. The Morgan fingerprint density at radius 2 is 1.92 bits per heavy atom. The Balaban J connectivity index is 0.00000208. The Morgan fingerprint density at radius 1 is 1.29 bits per heavy atom. The van der Waals surface area contributed by atoms with Crippen LogP contribution in [0.4, 0.5) is 0 Å². The first-order valence-corrected chi connectivity index (χ1v) is 9.54. The van der Waals surface area contributed by atoms with Gasteiger partial charge in [0, 0.05) is 25.2 Å². The topological polar surface area (TPSA) is 91.6 Å². The zero-order valence-electron chi connectivity index (χ0n) is 13.7. The van der Waals surface area contributed by atoms with Crippen LogP contribution in [-0.2, 0) is 10.0 Å². The number of amides is 1. The van der Waals surface area contributed by atoms with Gasteiger partial charge >= 0.3 is 0 Å². The Morgan fingerprint density at radius 3 is 2.54 bits per heavy atom. The van der Waals surface area contributed by atoms with Gasteiger partial charge in [-0.05, 0) is 45.7 Å². The number of aryl methyl sites for hydroxylation is 1. The Kier molecular flexibility index (Phi) is 6.30. The second-order valence-electron chi connectivity index (χ2n) is 6.14. The largest absolute Gasteiger partial charge is 0.455 e. The van der Waals surface area contributed by atoms with Crippen LogP contribution in [0.2, 0.25) is 0 Å². The van der Waals surface area contributed by atoms with Crippen molar-refractivity contribution in [2.45, 2.75) is 43.5 Å². The fourth-order valence-corrected chi connectivity index (χ4v) is 4.80. The second kappa shape index (κ2) is 7.86. The van der Waals surface area contributed by atoms with E-state index < -0.39 is 10.0 Å². The molecule has 2 aliphatic heterocycles. The van der Waals surface area contributed by atoms with E-state index in [-0.39, 0.29) is 40.8 Å². The van der Waals surface area contributed by atoms with E-state index in [4.69, 9.17) is 4.42 Å². The summed E-state index contributed by atoms with van der Waals surface area (Å²) in [5, 5.41) is 6.15. The zero-order valence-corrected chi connectivity index (χ0v) is 15.3. The van der Waals surface area contributed by atoms with Gasteiger partial charge in [-0.3, -0.25) is 4.79 Å². The first kappa shape index (κ1) is 19.2. The number of nitrogens with zero attached hydrogens (tertiary/aromatic N) is 1. The molecule has 0 aliphatic carbocycles. The number of furan rings is 1. The van der Waals surface area contributed by atoms with Crippen LogP contribution in [0.25, 0.3) is 0 Å². The van der Waals surface area contributed by atoms with Crippen LogP contribution < -0.4 is 10.6 Å². The number of carbonyl (C=O) groups excluding carboxylic acids is 1. The summed E-state index contributed by atoms with van der Waals surface area (Å²) in [7, 11) is -3.57. The van der Waals surface area contributed by atoms with Crippen molar-refractivity contribution in [3.05, 3.63) is 17.6 Å². The SMILES string of the molecule is Cc1oc(C(=O)NC2CCNCC2)cc1S(=O)(=O)N1CCCC1.Cl. The van der Waals surface area contributed by atoms with Gasteiger partial charge in [0.25, 0.3) is 5.91 Å². The van der Waals surface area contributed by atoms with Crippen molar-refractivity contribution in [3.8, 4) is 0 Å². The van der Waals surface area contributed by atoms with Gasteiger partial charge in [-0.25, -0.2) is 8.42 Å². The molecule has 136 valence electrons. The highest BCUT2D eigenvalue weighted by Crippen LogP contribution is 2.26. The minimum absolute atomic E-state index is 0. The van der Waals surface area contributed by atoms with Crippen LogP contribution in [0, 0.1) is 6.92 Å². The minimum atomic E-state index is -3.57. The van der Waals surface area contributed by atoms with E-state index in [1.165, 1.54) is 10.4 Å². The summed E-state index contributed by atoms with van der Waals surface area (Å²) in [6, 6.07) is 1.46. The highest BCUT2D eigenvalue weighted by Gasteiger charge is 2.32. The standard InChI is InChI=1S/C15H23N3O4S.ClH/c1-11-14(23(20,21)18-8-2-3-9-18)10-13(22-11)15(19)17-12-4-6-16-7-5-12;/h10,12,16H,2-9H2,1H3,(H,17,19);1H. The number of halogens is 1. The van der Waals surface area contributed by atoms with Gasteiger partial charge in [0.2, 0.25) is 10.0 Å². The van der Waals surface area contributed by atoms with E-state index in [0.29, 0.717) is 13.1 Å². The maximum atomic E-state index is 12.6. The number of sulfonamides is 1. The summed E-state index contributed by atoms with van der Waals surface area (Å²) >= 11 is 0. The minimum Gasteiger partial charge on any atom is -0.455 e. The van der Waals surface area contributed by atoms with E-state index in [9.17, 15) is 13.2 Å². The lowest BCUT2D eigenvalue weighted by Crippen LogP contribution is -2.42. The molecule has 0 spiro atoms. The first-order valence-electron chi connectivity index (χ1n) is 8.10. The van der Waals surface area contributed by atoms with Gasteiger partial charge in [0.05, 0.1) is 0 Å². The van der Waals surface area contributed by atoms with Crippen LogP contribution in [0.1, 0.15) is 42.0 Å². The molecular weight excluding hydrogens is 354 g/mol. The predicted octanol–water partition coefficient (Wildman–Crippen LogP) is 1.28. The van der Waals surface area contributed by atoms with Gasteiger partial charge in [-0.2, -0.15) is 4.31 Å². The van der Waals surface area contributed by atoms with Crippen LogP contribution in [0.15, 0.2) is 15.4 Å². The average molecular weight is 378 g/mol. The van der Waals surface area contributed by atoms with Gasteiger partial charge in [-0.1, -0.05) is 0 Å². The molecule has 1 aromatic rings. The van der Waals surface area contributed by atoms with Gasteiger partial charge in [0.15, 0.2) is 5.76 Å². The number of carbonyl (C=O) groups is 1. The third-order valence-corrected chi connectivity index (χ3v) is 6.46. The third-order valence-electron chi connectivity index (χ3n) is 4.45. The maximum absolute atomic E-state index is 12.6. The van der Waals surface area contributed by atoms with E-state index in [1.807, 2.05) is 0 Å². The Bertz CT molecular complexity index is 677. The summed E-state index contributed by atoms with van der Waals surface area (Å²) in [6.45, 7) is 4.39. The van der Waals surface area contributed by atoms with E-state index in [1.54, 1.807) is 6.92 Å². The lowest BCUT2D eigenvalue weighted by Gasteiger charge is -2.23. The molecule has 0 bridgehead atoms. The van der Waals surface area contributed by atoms with Crippen molar-refractivity contribution < 1.29 is 17.6 Å². The van der Waals surface area contributed by atoms with Crippen LogP contribution >= 0.6 is 12.4 Å². The Labute approximate surface area is 148 Å². The summed E-state index contributed by atoms with van der Waals surface area (Å²) < 4.78 is 32.1. The quantitative estimate of drug-likeness (QED) is 0.824. The number of nitrogens with one attached hydrogen (secondary N) is 2. The van der Waals surface area contributed by atoms with E-state index >= 15 is 0 Å². The van der Waals surface area contributed by atoms with Gasteiger partial charge in [-0.15, -0.1) is 12.4 Å².